The SMILES string of the molecule is C[C@@]1(C(=O)OCc2nc(-c3ccc(Cl)cc3)no2)CC1(Cl)Cl. The average Bonchev–Trinajstić information content (AvgIpc) is 2.84. The second-order valence-electron chi connectivity index (χ2n) is 5.31. The summed E-state index contributed by atoms with van der Waals surface area (Å²) < 4.78 is 9.12. The standard InChI is InChI=1S/C14H11Cl3N2O3/c1-13(7-14(13,16)17)12(20)21-6-10-18-11(19-22-10)8-2-4-9(15)5-3-8/h2-5H,6-7H2,1H3/t13-/m0/s1. The second kappa shape index (κ2) is 5.41. The highest BCUT2D eigenvalue weighted by Crippen LogP contribution is 2.64. The zero-order valence-corrected chi connectivity index (χ0v) is 13.7. The lowest BCUT2D eigenvalue weighted by Crippen LogP contribution is -2.21. The molecular weight excluding hydrogens is 351 g/mol. The Hall–Kier alpha value is -1.30. The van der Waals surface area contributed by atoms with Gasteiger partial charge >= 0.3 is 5.97 Å². The number of hydrogen-bond donors (Lipinski definition) is 0. The van der Waals surface area contributed by atoms with Crippen molar-refractivity contribution in [2.45, 2.75) is 24.3 Å². The molecule has 0 saturated heterocycles. The molecule has 1 saturated carbocycles. The summed E-state index contributed by atoms with van der Waals surface area (Å²) in [6, 6.07) is 6.98. The van der Waals surface area contributed by atoms with Gasteiger partial charge in [-0.1, -0.05) is 16.8 Å². The third kappa shape index (κ3) is 2.81. The maximum absolute atomic E-state index is 11.9. The molecule has 1 aromatic heterocycles. The first-order chi connectivity index (χ1) is 10.3. The number of carbonyl (C=O) groups is 1. The molecule has 1 aliphatic carbocycles. The summed E-state index contributed by atoms with van der Waals surface area (Å²) in [4.78, 5) is 16.1. The molecule has 0 unspecified atom stereocenters. The molecule has 8 heteroatoms. The lowest BCUT2D eigenvalue weighted by atomic mass is 10.1. The van der Waals surface area contributed by atoms with E-state index in [4.69, 9.17) is 44.1 Å². The molecule has 5 nitrogen and oxygen atoms in total. The van der Waals surface area contributed by atoms with Gasteiger partial charge in [-0.2, -0.15) is 4.98 Å². The number of esters is 1. The van der Waals surface area contributed by atoms with E-state index in [0.717, 1.165) is 5.56 Å². The topological polar surface area (TPSA) is 65.2 Å². The van der Waals surface area contributed by atoms with Crippen LogP contribution in [0.1, 0.15) is 19.2 Å². The smallest absolute Gasteiger partial charge is 0.315 e. The van der Waals surface area contributed by atoms with E-state index in [0.29, 0.717) is 17.3 Å². The van der Waals surface area contributed by atoms with Crippen molar-refractivity contribution in [3.05, 3.63) is 35.2 Å². The molecule has 1 heterocycles. The van der Waals surface area contributed by atoms with E-state index in [2.05, 4.69) is 10.1 Å². The fourth-order valence-electron chi connectivity index (χ4n) is 1.94. The van der Waals surface area contributed by atoms with Crippen molar-refractivity contribution in [1.29, 1.82) is 0 Å². The summed E-state index contributed by atoms with van der Waals surface area (Å²) in [5.74, 6) is 0.102. The largest absolute Gasteiger partial charge is 0.455 e. The van der Waals surface area contributed by atoms with Gasteiger partial charge in [0, 0.05) is 17.0 Å². The van der Waals surface area contributed by atoms with Crippen LogP contribution < -0.4 is 0 Å². The maximum Gasteiger partial charge on any atom is 0.315 e. The van der Waals surface area contributed by atoms with Crippen LogP contribution >= 0.6 is 34.8 Å². The van der Waals surface area contributed by atoms with Crippen molar-refractivity contribution in [3.63, 3.8) is 0 Å². The Labute approximate surface area is 141 Å². The van der Waals surface area contributed by atoms with Gasteiger partial charge in [-0.05, 0) is 31.2 Å². The van der Waals surface area contributed by atoms with E-state index in [1.807, 2.05) is 0 Å². The molecule has 1 fully saturated rings. The summed E-state index contributed by atoms with van der Waals surface area (Å²) >= 11 is 17.7. The molecule has 0 amide bonds. The van der Waals surface area contributed by atoms with Crippen LogP contribution in [0.5, 0.6) is 0 Å². The van der Waals surface area contributed by atoms with Gasteiger partial charge in [0.15, 0.2) is 6.61 Å². The van der Waals surface area contributed by atoms with Gasteiger partial charge in [-0.15, -0.1) is 23.2 Å². The molecule has 0 bridgehead atoms. The minimum atomic E-state index is -1.06. The molecular formula is C14H11Cl3N2O3. The molecule has 116 valence electrons. The van der Waals surface area contributed by atoms with Crippen molar-refractivity contribution in [1.82, 2.24) is 10.1 Å². The Morgan fingerprint density at radius 2 is 2.00 bits per heavy atom. The third-order valence-corrected chi connectivity index (χ3v) is 4.96. The summed E-state index contributed by atoms with van der Waals surface area (Å²) in [5, 5.41) is 4.44. The first kappa shape index (κ1) is 15.6. The van der Waals surface area contributed by atoms with Gasteiger partial charge < -0.3 is 9.26 Å². The highest BCUT2D eigenvalue weighted by Gasteiger charge is 2.69. The van der Waals surface area contributed by atoms with Crippen LogP contribution in [0.4, 0.5) is 0 Å². The highest BCUT2D eigenvalue weighted by atomic mass is 35.5. The predicted molar refractivity (Wildman–Crippen MR) is 81.7 cm³/mol. The fraction of sp³-hybridized carbons (Fsp3) is 0.357. The monoisotopic (exact) mass is 360 g/mol. The summed E-state index contributed by atoms with van der Waals surface area (Å²) in [6.07, 6.45) is 0.363. The van der Waals surface area contributed by atoms with E-state index < -0.39 is 15.7 Å². The van der Waals surface area contributed by atoms with E-state index in [9.17, 15) is 4.79 Å². The van der Waals surface area contributed by atoms with E-state index in [1.165, 1.54) is 0 Å². The fourth-order valence-corrected chi connectivity index (χ4v) is 2.75. The Morgan fingerprint density at radius 3 is 2.59 bits per heavy atom. The number of ether oxygens (including phenoxy) is 1. The second-order valence-corrected chi connectivity index (χ2v) is 7.23. The van der Waals surface area contributed by atoms with E-state index in [-0.39, 0.29) is 12.5 Å². The van der Waals surface area contributed by atoms with E-state index >= 15 is 0 Å². The van der Waals surface area contributed by atoms with Crippen molar-refractivity contribution in [3.8, 4) is 11.4 Å². The highest BCUT2D eigenvalue weighted by molar-refractivity contribution is 6.53. The van der Waals surface area contributed by atoms with E-state index in [1.54, 1.807) is 31.2 Å². The Balaban J connectivity index is 1.63. The molecule has 0 N–H and O–H groups in total. The Bertz CT molecular complexity index is 714. The summed E-state index contributed by atoms with van der Waals surface area (Å²) in [7, 11) is 0. The number of nitrogens with zero attached hydrogens (tertiary/aromatic N) is 2. The summed E-state index contributed by atoms with van der Waals surface area (Å²) in [5.41, 5.74) is -0.129. The zero-order valence-electron chi connectivity index (χ0n) is 11.5. The van der Waals surface area contributed by atoms with Crippen molar-refractivity contribution in [2.24, 2.45) is 5.41 Å². The molecule has 2 aromatic rings. The molecule has 22 heavy (non-hydrogen) atoms. The molecule has 0 spiro atoms. The van der Waals surface area contributed by atoms with Gasteiger partial charge in [0.05, 0.1) is 0 Å². The first-order valence-corrected chi connectivity index (χ1v) is 7.59. The van der Waals surface area contributed by atoms with Crippen molar-refractivity contribution >= 4 is 40.8 Å². The lowest BCUT2D eigenvalue weighted by Gasteiger charge is -2.09. The molecule has 1 aliphatic rings. The van der Waals surface area contributed by atoms with Gasteiger partial charge in [0.25, 0.3) is 5.89 Å². The normalized spacial score (nSPS) is 22.4. The number of benzene rings is 1. The molecule has 0 aliphatic heterocycles. The third-order valence-electron chi connectivity index (χ3n) is 3.61. The van der Waals surface area contributed by atoms with Crippen LogP contribution in [0.2, 0.25) is 5.02 Å². The number of halogens is 3. The molecule has 0 radical (unpaired) electrons. The molecule has 3 rings (SSSR count). The van der Waals surface area contributed by atoms with Gasteiger partial charge in [-0.25, -0.2) is 0 Å². The van der Waals surface area contributed by atoms with Crippen LogP contribution in [0, 0.1) is 5.41 Å². The van der Waals surface area contributed by atoms with Gasteiger partial charge in [-0.3, -0.25) is 4.79 Å². The predicted octanol–water partition coefficient (Wildman–Crippen LogP) is 4.02. The number of rotatable bonds is 4. The van der Waals surface area contributed by atoms with Crippen LogP contribution in [-0.4, -0.2) is 20.4 Å². The first-order valence-electron chi connectivity index (χ1n) is 6.45. The quantitative estimate of drug-likeness (QED) is 0.608. The van der Waals surface area contributed by atoms with Crippen LogP contribution in [0.3, 0.4) is 0 Å². The average molecular weight is 362 g/mol. The maximum atomic E-state index is 11.9. The Morgan fingerprint density at radius 1 is 1.36 bits per heavy atom. The van der Waals surface area contributed by atoms with Gasteiger partial charge in [0.2, 0.25) is 5.82 Å². The van der Waals surface area contributed by atoms with Crippen molar-refractivity contribution in [2.75, 3.05) is 0 Å². The Kier molecular flexibility index (Phi) is 3.83. The van der Waals surface area contributed by atoms with Gasteiger partial charge in [0.1, 0.15) is 9.75 Å². The molecule has 1 aromatic carbocycles. The van der Waals surface area contributed by atoms with Crippen LogP contribution in [-0.2, 0) is 16.1 Å². The minimum absolute atomic E-state index is 0.126. The zero-order chi connectivity index (χ0) is 16.0. The van der Waals surface area contributed by atoms with Crippen LogP contribution in [0.15, 0.2) is 28.8 Å². The number of carbonyl (C=O) groups excluding carboxylic acids is 1. The van der Waals surface area contributed by atoms with Crippen LogP contribution in [0.25, 0.3) is 11.4 Å². The number of aromatic nitrogens is 2. The lowest BCUT2D eigenvalue weighted by molar-refractivity contribution is -0.151. The number of hydrogen-bond acceptors (Lipinski definition) is 5. The van der Waals surface area contributed by atoms with Crippen molar-refractivity contribution < 1.29 is 14.1 Å². The number of alkyl halides is 2. The summed E-state index contributed by atoms with van der Waals surface area (Å²) in [6.45, 7) is 1.53. The minimum Gasteiger partial charge on any atom is -0.455 e. The molecule has 1 atom stereocenters.